The number of halogens is 1. The molecule has 1 atom stereocenters. The van der Waals surface area contributed by atoms with Crippen molar-refractivity contribution in [2.75, 3.05) is 24.5 Å². The Morgan fingerprint density at radius 1 is 1.10 bits per heavy atom. The van der Waals surface area contributed by atoms with E-state index in [1.165, 1.54) is 73.9 Å². The molecule has 3 heteroatoms. The molecule has 1 saturated carbocycles. The van der Waals surface area contributed by atoms with Gasteiger partial charge >= 0.3 is 0 Å². The van der Waals surface area contributed by atoms with Crippen molar-refractivity contribution in [1.29, 1.82) is 0 Å². The minimum atomic E-state index is 0.673. The van der Waals surface area contributed by atoms with Crippen LogP contribution >= 0.6 is 15.9 Å². The molecule has 1 aliphatic heterocycles. The van der Waals surface area contributed by atoms with Gasteiger partial charge in [0, 0.05) is 29.3 Å². The van der Waals surface area contributed by atoms with Gasteiger partial charge in [0.15, 0.2) is 0 Å². The normalized spacial score (nSPS) is 24.9. The summed E-state index contributed by atoms with van der Waals surface area (Å²) in [5, 5.41) is 3.83. The van der Waals surface area contributed by atoms with Gasteiger partial charge in [0.25, 0.3) is 0 Å². The Bertz CT molecular complexity index is 448. The topological polar surface area (TPSA) is 15.3 Å². The molecule has 0 bridgehead atoms. The zero-order valence-corrected chi connectivity index (χ0v) is 14.7. The standard InChI is InChI=1S/C18H27BrN2/c1-14-10-16(19)12-17(11-14)21-9-5-8-20-18(13-21)15-6-3-2-4-7-15/h10-12,15,18,20H,2-9,13H2,1H3. The van der Waals surface area contributed by atoms with E-state index in [9.17, 15) is 0 Å². The van der Waals surface area contributed by atoms with Crippen molar-refractivity contribution in [3.8, 4) is 0 Å². The highest BCUT2D eigenvalue weighted by molar-refractivity contribution is 9.10. The summed E-state index contributed by atoms with van der Waals surface area (Å²) in [6.45, 7) is 5.69. The lowest BCUT2D eigenvalue weighted by Gasteiger charge is -2.34. The van der Waals surface area contributed by atoms with E-state index < -0.39 is 0 Å². The molecule has 0 radical (unpaired) electrons. The van der Waals surface area contributed by atoms with Gasteiger partial charge in [-0.1, -0.05) is 35.2 Å². The van der Waals surface area contributed by atoms with Crippen LogP contribution in [-0.4, -0.2) is 25.7 Å². The monoisotopic (exact) mass is 350 g/mol. The van der Waals surface area contributed by atoms with E-state index in [4.69, 9.17) is 0 Å². The summed E-state index contributed by atoms with van der Waals surface area (Å²) in [7, 11) is 0. The molecule has 2 nitrogen and oxygen atoms in total. The molecule has 1 unspecified atom stereocenters. The number of nitrogens with zero attached hydrogens (tertiary/aromatic N) is 1. The summed E-state index contributed by atoms with van der Waals surface area (Å²) in [5.74, 6) is 0.882. The number of nitrogens with one attached hydrogen (secondary N) is 1. The summed E-state index contributed by atoms with van der Waals surface area (Å²) in [5.41, 5.74) is 2.72. The van der Waals surface area contributed by atoms with Crippen molar-refractivity contribution in [2.24, 2.45) is 5.92 Å². The van der Waals surface area contributed by atoms with E-state index in [0.29, 0.717) is 6.04 Å². The molecule has 0 amide bonds. The Morgan fingerprint density at radius 3 is 2.67 bits per heavy atom. The first-order valence-electron chi connectivity index (χ1n) is 8.48. The molecule has 0 spiro atoms. The van der Waals surface area contributed by atoms with Gasteiger partial charge in [0.05, 0.1) is 0 Å². The van der Waals surface area contributed by atoms with Gasteiger partial charge in [0.2, 0.25) is 0 Å². The number of rotatable bonds is 2. The molecule has 1 aromatic carbocycles. The van der Waals surface area contributed by atoms with Crippen LogP contribution in [0.15, 0.2) is 22.7 Å². The molecule has 0 aromatic heterocycles. The molecule has 3 rings (SSSR count). The zero-order valence-electron chi connectivity index (χ0n) is 13.1. The Hall–Kier alpha value is -0.540. The molecule has 1 aromatic rings. The second-order valence-corrected chi connectivity index (χ2v) is 7.66. The molecule has 1 N–H and O–H groups in total. The lowest BCUT2D eigenvalue weighted by molar-refractivity contribution is 0.277. The fourth-order valence-electron chi connectivity index (χ4n) is 3.94. The molecule has 2 aliphatic rings. The van der Waals surface area contributed by atoms with Crippen molar-refractivity contribution >= 4 is 21.6 Å². The van der Waals surface area contributed by atoms with E-state index in [2.05, 4.69) is 51.3 Å². The molecular weight excluding hydrogens is 324 g/mol. The molecular formula is C18H27BrN2. The van der Waals surface area contributed by atoms with Crippen LogP contribution in [0.25, 0.3) is 0 Å². The van der Waals surface area contributed by atoms with E-state index >= 15 is 0 Å². The maximum atomic E-state index is 3.83. The quantitative estimate of drug-likeness (QED) is 0.844. The van der Waals surface area contributed by atoms with Crippen LogP contribution in [0.2, 0.25) is 0 Å². The predicted octanol–water partition coefficient (Wildman–Crippen LogP) is 4.51. The van der Waals surface area contributed by atoms with E-state index in [1.807, 2.05) is 0 Å². The van der Waals surface area contributed by atoms with Crippen molar-refractivity contribution in [1.82, 2.24) is 5.32 Å². The van der Waals surface area contributed by atoms with Crippen molar-refractivity contribution in [3.05, 3.63) is 28.2 Å². The van der Waals surface area contributed by atoms with Crippen LogP contribution in [-0.2, 0) is 0 Å². The highest BCUT2D eigenvalue weighted by Crippen LogP contribution is 2.29. The van der Waals surface area contributed by atoms with Crippen LogP contribution in [0.4, 0.5) is 5.69 Å². The van der Waals surface area contributed by atoms with Gasteiger partial charge in [-0.3, -0.25) is 0 Å². The average Bonchev–Trinajstić information content (AvgIpc) is 2.73. The Labute approximate surface area is 137 Å². The van der Waals surface area contributed by atoms with Crippen LogP contribution in [0, 0.1) is 12.8 Å². The fourth-order valence-corrected chi connectivity index (χ4v) is 4.53. The van der Waals surface area contributed by atoms with Crippen molar-refractivity contribution in [2.45, 2.75) is 51.5 Å². The maximum Gasteiger partial charge on any atom is 0.0380 e. The van der Waals surface area contributed by atoms with Gasteiger partial charge < -0.3 is 10.2 Å². The Balaban J connectivity index is 1.74. The van der Waals surface area contributed by atoms with Crippen LogP contribution < -0.4 is 10.2 Å². The largest absolute Gasteiger partial charge is 0.370 e. The number of hydrogen-bond acceptors (Lipinski definition) is 2. The van der Waals surface area contributed by atoms with Crippen LogP contribution in [0.1, 0.15) is 44.1 Å². The third kappa shape index (κ3) is 4.01. The first kappa shape index (κ1) is 15.4. The lowest BCUT2D eigenvalue weighted by atomic mass is 9.83. The zero-order chi connectivity index (χ0) is 14.7. The average molecular weight is 351 g/mol. The Morgan fingerprint density at radius 2 is 1.90 bits per heavy atom. The summed E-state index contributed by atoms with van der Waals surface area (Å²) >= 11 is 3.65. The van der Waals surface area contributed by atoms with E-state index in [1.54, 1.807) is 0 Å². The molecule has 116 valence electrons. The molecule has 1 saturated heterocycles. The summed E-state index contributed by atoms with van der Waals surface area (Å²) in [4.78, 5) is 2.59. The maximum absolute atomic E-state index is 3.83. The predicted molar refractivity (Wildman–Crippen MR) is 94.1 cm³/mol. The van der Waals surface area contributed by atoms with Gasteiger partial charge in [-0.25, -0.2) is 0 Å². The third-order valence-corrected chi connectivity index (χ3v) is 5.50. The molecule has 2 fully saturated rings. The first-order chi connectivity index (χ1) is 10.2. The highest BCUT2D eigenvalue weighted by atomic mass is 79.9. The second kappa shape index (κ2) is 7.15. The van der Waals surface area contributed by atoms with Gasteiger partial charge in [-0.05, 0) is 62.4 Å². The number of anilines is 1. The lowest BCUT2D eigenvalue weighted by Crippen LogP contribution is -2.43. The molecule has 21 heavy (non-hydrogen) atoms. The van der Waals surface area contributed by atoms with Crippen LogP contribution in [0.5, 0.6) is 0 Å². The third-order valence-electron chi connectivity index (χ3n) is 5.04. The fraction of sp³-hybridized carbons (Fsp3) is 0.667. The second-order valence-electron chi connectivity index (χ2n) is 6.75. The van der Waals surface area contributed by atoms with Crippen molar-refractivity contribution < 1.29 is 0 Å². The summed E-state index contributed by atoms with van der Waals surface area (Å²) < 4.78 is 1.20. The summed E-state index contributed by atoms with van der Waals surface area (Å²) in [6.07, 6.45) is 8.39. The molecule has 1 aliphatic carbocycles. The number of benzene rings is 1. The Kier molecular flexibility index (Phi) is 5.23. The number of hydrogen-bond donors (Lipinski definition) is 1. The van der Waals surface area contributed by atoms with Gasteiger partial charge in [-0.15, -0.1) is 0 Å². The SMILES string of the molecule is Cc1cc(Br)cc(N2CCCNC(C3CCCCC3)C2)c1. The first-order valence-corrected chi connectivity index (χ1v) is 9.27. The van der Waals surface area contributed by atoms with Gasteiger partial charge in [0.1, 0.15) is 0 Å². The number of aryl methyl sites for hydroxylation is 1. The van der Waals surface area contributed by atoms with Crippen LogP contribution in [0.3, 0.4) is 0 Å². The minimum Gasteiger partial charge on any atom is -0.370 e. The van der Waals surface area contributed by atoms with E-state index in [0.717, 1.165) is 5.92 Å². The highest BCUT2D eigenvalue weighted by Gasteiger charge is 2.27. The van der Waals surface area contributed by atoms with Gasteiger partial charge in [-0.2, -0.15) is 0 Å². The summed E-state index contributed by atoms with van der Waals surface area (Å²) in [6, 6.07) is 7.47. The van der Waals surface area contributed by atoms with Crippen molar-refractivity contribution in [3.63, 3.8) is 0 Å². The smallest absolute Gasteiger partial charge is 0.0380 e. The minimum absolute atomic E-state index is 0.673. The molecule has 1 heterocycles. The van der Waals surface area contributed by atoms with E-state index in [-0.39, 0.29) is 0 Å².